The smallest absolute Gasteiger partial charge is 0.192 e. The van der Waals surface area contributed by atoms with Crippen LogP contribution in [-0.4, -0.2) is 22.0 Å². The van der Waals surface area contributed by atoms with E-state index in [1.54, 1.807) is 12.3 Å². The van der Waals surface area contributed by atoms with Crippen molar-refractivity contribution >= 4 is 5.78 Å². The summed E-state index contributed by atoms with van der Waals surface area (Å²) in [5, 5.41) is 9.02. The van der Waals surface area contributed by atoms with Gasteiger partial charge in [-0.1, -0.05) is 0 Å². The molecule has 12 heavy (non-hydrogen) atoms. The van der Waals surface area contributed by atoms with Gasteiger partial charge in [0.2, 0.25) is 0 Å². The highest BCUT2D eigenvalue weighted by molar-refractivity contribution is 5.99. The molecule has 0 aliphatic heterocycles. The molecule has 3 heteroatoms. The number of nitrogens with zero attached hydrogens (tertiary/aromatic N) is 1. The van der Waals surface area contributed by atoms with Crippen LogP contribution in [-0.2, 0) is 0 Å². The molecule has 0 radical (unpaired) electrons. The number of aliphatic hydroxyl groups is 1. The Labute approximate surface area is 71.1 Å². The van der Waals surface area contributed by atoms with E-state index in [2.05, 4.69) is 4.98 Å². The van der Waals surface area contributed by atoms with Crippen LogP contribution in [0.4, 0.5) is 0 Å². The first-order chi connectivity index (χ1) is 5.63. The van der Waals surface area contributed by atoms with Gasteiger partial charge in [0.05, 0.1) is 0 Å². The molecule has 1 rings (SSSR count). The van der Waals surface area contributed by atoms with Crippen LogP contribution in [0.2, 0.25) is 0 Å². The molecule has 1 heterocycles. The Morgan fingerprint density at radius 2 is 2.33 bits per heavy atom. The summed E-state index contributed by atoms with van der Waals surface area (Å²) >= 11 is 0. The zero-order valence-electron chi connectivity index (χ0n) is 7.11. The number of ketones is 1. The fraction of sp³-hybridized carbons (Fsp3) is 0.333. The van der Waals surface area contributed by atoms with Gasteiger partial charge in [0, 0.05) is 18.0 Å². The summed E-state index contributed by atoms with van der Waals surface area (Å²) in [6, 6.07) is 1.75. The van der Waals surface area contributed by atoms with E-state index in [0.29, 0.717) is 5.56 Å². The van der Waals surface area contributed by atoms with E-state index in [1.807, 2.05) is 6.92 Å². The Bertz CT molecular complexity index is 294. The predicted molar refractivity (Wildman–Crippen MR) is 45.0 cm³/mol. The summed E-state index contributed by atoms with van der Waals surface area (Å²) in [6.07, 6.45) is 2.14. The monoisotopic (exact) mass is 165 g/mol. The largest absolute Gasteiger partial charge is 0.385 e. The number of pyridine rings is 1. The van der Waals surface area contributed by atoms with Gasteiger partial charge in [0.1, 0.15) is 6.10 Å². The lowest BCUT2D eigenvalue weighted by Crippen LogP contribution is -2.17. The first kappa shape index (κ1) is 8.87. The van der Waals surface area contributed by atoms with Crippen molar-refractivity contribution in [1.29, 1.82) is 0 Å². The maximum Gasteiger partial charge on any atom is 0.192 e. The van der Waals surface area contributed by atoms with Crippen molar-refractivity contribution in [3.8, 4) is 0 Å². The van der Waals surface area contributed by atoms with Gasteiger partial charge in [-0.05, 0) is 25.5 Å². The minimum atomic E-state index is -0.951. The van der Waals surface area contributed by atoms with E-state index >= 15 is 0 Å². The Morgan fingerprint density at radius 1 is 1.67 bits per heavy atom. The van der Waals surface area contributed by atoms with Crippen molar-refractivity contribution in [2.24, 2.45) is 0 Å². The topological polar surface area (TPSA) is 50.2 Å². The van der Waals surface area contributed by atoms with E-state index in [4.69, 9.17) is 5.11 Å². The summed E-state index contributed by atoms with van der Waals surface area (Å²) in [5.41, 5.74) is 1.34. The molecule has 0 aromatic carbocycles. The molecular formula is C9H11NO2. The van der Waals surface area contributed by atoms with Crippen molar-refractivity contribution < 1.29 is 9.90 Å². The molecule has 1 aromatic heterocycles. The number of Topliss-reactive ketones (excluding diaryl/α,β-unsaturated/α-hetero) is 1. The third kappa shape index (κ3) is 1.68. The fourth-order valence-electron chi connectivity index (χ4n) is 0.947. The van der Waals surface area contributed by atoms with Gasteiger partial charge in [-0.25, -0.2) is 0 Å². The third-order valence-corrected chi connectivity index (χ3v) is 1.68. The molecule has 0 aliphatic carbocycles. The van der Waals surface area contributed by atoms with Crippen LogP contribution in [0.3, 0.4) is 0 Å². The molecule has 0 fully saturated rings. The Kier molecular flexibility index (Phi) is 2.55. The molecule has 0 saturated heterocycles. The predicted octanol–water partition coefficient (Wildman–Crippen LogP) is 0.954. The number of aliphatic hydroxyl groups excluding tert-OH is 1. The van der Waals surface area contributed by atoms with Crippen LogP contribution in [0.5, 0.6) is 0 Å². The average Bonchev–Trinajstić information content (AvgIpc) is 2.04. The number of rotatable bonds is 2. The minimum absolute atomic E-state index is 0.277. The fourth-order valence-corrected chi connectivity index (χ4v) is 0.947. The van der Waals surface area contributed by atoms with Gasteiger partial charge in [-0.15, -0.1) is 0 Å². The number of aromatic nitrogens is 1. The minimum Gasteiger partial charge on any atom is -0.385 e. The van der Waals surface area contributed by atoms with E-state index < -0.39 is 6.10 Å². The number of carbonyl (C=O) groups is 1. The van der Waals surface area contributed by atoms with E-state index in [1.165, 1.54) is 13.1 Å². The summed E-state index contributed by atoms with van der Waals surface area (Å²) < 4.78 is 0. The summed E-state index contributed by atoms with van der Waals surface area (Å²) in [7, 11) is 0. The van der Waals surface area contributed by atoms with Gasteiger partial charge < -0.3 is 5.11 Å². The number of hydrogen-bond donors (Lipinski definition) is 1. The normalized spacial score (nSPS) is 12.6. The summed E-state index contributed by atoms with van der Waals surface area (Å²) in [4.78, 5) is 15.1. The summed E-state index contributed by atoms with van der Waals surface area (Å²) in [6.45, 7) is 3.27. The van der Waals surface area contributed by atoms with Crippen LogP contribution in [0.25, 0.3) is 0 Å². The number of aryl methyl sites for hydroxylation is 1. The molecule has 0 saturated carbocycles. The van der Waals surface area contributed by atoms with Gasteiger partial charge in [0.15, 0.2) is 5.78 Å². The zero-order valence-corrected chi connectivity index (χ0v) is 7.11. The van der Waals surface area contributed by atoms with Crippen molar-refractivity contribution in [1.82, 2.24) is 4.98 Å². The van der Waals surface area contributed by atoms with Crippen LogP contribution in [0.15, 0.2) is 18.5 Å². The molecular weight excluding hydrogens is 154 g/mol. The van der Waals surface area contributed by atoms with Crippen molar-refractivity contribution in [3.63, 3.8) is 0 Å². The van der Waals surface area contributed by atoms with E-state index in [-0.39, 0.29) is 5.78 Å². The van der Waals surface area contributed by atoms with Gasteiger partial charge in [0.25, 0.3) is 0 Å². The second-order valence-electron chi connectivity index (χ2n) is 2.73. The quantitative estimate of drug-likeness (QED) is 0.664. The molecule has 0 bridgehead atoms. The molecule has 3 nitrogen and oxygen atoms in total. The highest BCUT2D eigenvalue weighted by atomic mass is 16.3. The third-order valence-electron chi connectivity index (χ3n) is 1.68. The Balaban J connectivity index is 3.03. The Morgan fingerprint density at radius 3 is 2.83 bits per heavy atom. The van der Waals surface area contributed by atoms with Crippen LogP contribution in [0, 0.1) is 6.92 Å². The van der Waals surface area contributed by atoms with Gasteiger partial charge >= 0.3 is 0 Å². The number of hydrogen-bond acceptors (Lipinski definition) is 3. The maximum atomic E-state index is 11.3. The lowest BCUT2D eigenvalue weighted by molar-refractivity contribution is 0.0778. The first-order valence-electron chi connectivity index (χ1n) is 3.76. The molecule has 1 atom stereocenters. The van der Waals surface area contributed by atoms with Crippen LogP contribution in [0.1, 0.15) is 22.8 Å². The van der Waals surface area contributed by atoms with Crippen molar-refractivity contribution in [2.45, 2.75) is 20.0 Å². The van der Waals surface area contributed by atoms with Gasteiger partial charge in [-0.2, -0.15) is 0 Å². The number of carbonyl (C=O) groups excluding carboxylic acids is 1. The first-order valence-corrected chi connectivity index (χ1v) is 3.76. The summed E-state index contributed by atoms with van der Waals surface area (Å²) in [5.74, 6) is -0.277. The van der Waals surface area contributed by atoms with Crippen molar-refractivity contribution in [2.75, 3.05) is 0 Å². The molecule has 1 unspecified atom stereocenters. The highest BCUT2D eigenvalue weighted by Crippen LogP contribution is 2.07. The lowest BCUT2D eigenvalue weighted by atomic mass is 10.1. The van der Waals surface area contributed by atoms with Crippen LogP contribution < -0.4 is 0 Å². The molecule has 1 aromatic rings. The SMILES string of the molecule is Cc1ccncc1C(=O)C(C)O. The lowest BCUT2D eigenvalue weighted by Gasteiger charge is -2.04. The average molecular weight is 165 g/mol. The zero-order chi connectivity index (χ0) is 9.14. The molecule has 1 N–H and O–H groups in total. The van der Waals surface area contributed by atoms with Crippen molar-refractivity contribution in [3.05, 3.63) is 29.6 Å². The molecule has 0 aliphatic rings. The maximum absolute atomic E-state index is 11.3. The second-order valence-corrected chi connectivity index (χ2v) is 2.73. The molecule has 64 valence electrons. The molecule has 0 amide bonds. The Hall–Kier alpha value is -1.22. The second kappa shape index (κ2) is 3.45. The van der Waals surface area contributed by atoms with Crippen LogP contribution >= 0.6 is 0 Å². The van der Waals surface area contributed by atoms with Gasteiger partial charge in [-0.3, -0.25) is 9.78 Å². The molecule has 0 spiro atoms. The standard InChI is InChI=1S/C9H11NO2/c1-6-3-4-10-5-8(6)9(12)7(2)11/h3-5,7,11H,1-2H3. The highest BCUT2D eigenvalue weighted by Gasteiger charge is 2.13. The van der Waals surface area contributed by atoms with E-state index in [9.17, 15) is 4.79 Å². The van der Waals surface area contributed by atoms with E-state index in [0.717, 1.165) is 5.56 Å².